The minimum absolute atomic E-state index is 0.952. The Morgan fingerprint density at radius 2 is 2.45 bits per heavy atom. The molecule has 0 spiro atoms. The summed E-state index contributed by atoms with van der Waals surface area (Å²) in [6.07, 6.45) is 4.11. The molecule has 58 valence electrons. The molecule has 2 heterocycles. The summed E-state index contributed by atoms with van der Waals surface area (Å²) < 4.78 is 1.23. The van der Waals surface area contributed by atoms with E-state index in [2.05, 4.69) is 45.0 Å². The van der Waals surface area contributed by atoms with Crippen molar-refractivity contribution >= 4 is 27.8 Å². The van der Waals surface area contributed by atoms with E-state index in [1.165, 1.54) is 15.9 Å². The molecule has 2 nitrogen and oxygen atoms in total. The van der Waals surface area contributed by atoms with E-state index in [-0.39, 0.29) is 0 Å². The molecule has 1 aliphatic heterocycles. The fraction of sp³-hybridized carbons (Fsp3) is 0.250. The highest BCUT2D eigenvalue weighted by Gasteiger charge is 2.13. The van der Waals surface area contributed by atoms with Crippen molar-refractivity contribution in [2.24, 2.45) is 0 Å². The van der Waals surface area contributed by atoms with Gasteiger partial charge in [-0.3, -0.25) is 0 Å². The predicted octanol–water partition coefficient (Wildman–Crippen LogP) is 2.20. The van der Waals surface area contributed by atoms with Gasteiger partial charge in [0, 0.05) is 23.3 Å². The molecule has 2 rings (SSSR count). The van der Waals surface area contributed by atoms with Gasteiger partial charge in [-0.2, -0.15) is 0 Å². The standard InChI is InChI=1S/C8H9BrN2/c1-11-5-7(9)4-6-2-3-10-8(6)11/h2-4,10H,5H2,1H3. The molecule has 0 atom stereocenters. The molecule has 0 aromatic carbocycles. The van der Waals surface area contributed by atoms with Crippen molar-refractivity contribution in [1.29, 1.82) is 0 Å². The van der Waals surface area contributed by atoms with E-state index in [0.717, 1.165) is 6.54 Å². The average molecular weight is 213 g/mol. The van der Waals surface area contributed by atoms with Gasteiger partial charge in [0.15, 0.2) is 0 Å². The highest BCUT2D eigenvalue weighted by molar-refractivity contribution is 9.11. The summed E-state index contributed by atoms with van der Waals surface area (Å²) in [5.74, 6) is 1.20. The van der Waals surface area contributed by atoms with Crippen molar-refractivity contribution in [2.75, 3.05) is 18.5 Å². The molecule has 0 saturated heterocycles. The Hall–Kier alpha value is -0.700. The molecule has 11 heavy (non-hydrogen) atoms. The van der Waals surface area contributed by atoms with E-state index < -0.39 is 0 Å². The van der Waals surface area contributed by atoms with Crippen molar-refractivity contribution < 1.29 is 0 Å². The third-order valence-corrected chi connectivity index (χ3v) is 2.32. The van der Waals surface area contributed by atoms with Crippen LogP contribution in [0.4, 0.5) is 5.82 Å². The topological polar surface area (TPSA) is 19.0 Å². The molecule has 0 fully saturated rings. The molecule has 3 heteroatoms. The Morgan fingerprint density at radius 1 is 1.64 bits per heavy atom. The summed E-state index contributed by atoms with van der Waals surface area (Å²) in [6, 6.07) is 2.08. The lowest BCUT2D eigenvalue weighted by molar-refractivity contribution is 0.986. The van der Waals surface area contributed by atoms with Gasteiger partial charge < -0.3 is 9.88 Å². The maximum Gasteiger partial charge on any atom is 0.113 e. The number of aromatic amines is 1. The molecule has 0 bridgehead atoms. The number of nitrogens with one attached hydrogen (secondary N) is 1. The van der Waals surface area contributed by atoms with Gasteiger partial charge in [0.05, 0.1) is 6.54 Å². The Bertz CT molecular complexity index is 301. The van der Waals surface area contributed by atoms with Gasteiger partial charge in [-0.1, -0.05) is 15.9 Å². The third kappa shape index (κ3) is 1.09. The minimum Gasteiger partial charge on any atom is -0.356 e. The predicted molar refractivity (Wildman–Crippen MR) is 51.0 cm³/mol. The van der Waals surface area contributed by atoms with Crippen molar-refractivity contribution in [3.05, 3.63) is 22.3 Å². The van der Waals surface area contributed by atoms with Crippen molar-refractivity contribution in [3.8, 4) is 0 Å². The van der Waals surface area contributed by atoms with Crippen LogP contribution in [-0.4, -0.2) is 18.6 Å². The third-order valence-electron chi connectivity index (χ3n) is 1.84. The monoisotopic (exact) mass is 212 g/mol. The summed E-state index contributed by atoms with van der Waals surface area (Å²) >= 11 is 3.49. The highest BCUT2D eigenvalue weighted by atomic mass is 79.9. The lowest BCUT2D eigenvalue weighted by Gasteiger charge is -2.22. The van der Waals surface area contributed by atoms with Crippen LogP contribution in [0.15, 0.2) is 16.7 Å². The molecule has 0 unspecified atom stereocenters. The second kappa shape index (κ2) is 2.41. The zero-order valence-electron chi connectivity index (χ0n) is 6.26. The molecular formula is C8H9BrN2. The van der Waals surface area contributed by atoms with Gasteiger partial charge >= 0.3 is 0 Å². The van der Waals surface area contributed by atoms with Crippen LogP contribution in [0.3, 0.4) is 0 Å². The van der Waals surface area contributed by atoms with Crippen molar-refractivity contribution in [3.63, 3.8) is 0 Å². The summed E-state index contributed by atoms with van der Waals surface area (Å²) in [4.78, 5) is 5.37. The second-order valence-corrected chi connectivity index (χ2v) is 3.75. The fourth-order valence-electron chi connectivity index (χ4n) is 1.34. The van der Waals surface area contributed by atoms with Crippen LogP contribution in [0.25, 0.3) is 6.08 Å². The maximum atomic E-state index is 3.49. The molecule has 1 aliphatic rings. The van der Waals surface area contributed by atoms with Gasteiger partial charge in [0.2, 0.25) is 0 Å². The first-order valence-electron chi connectivity index (χ1n) is 3.52. The van der Waals surface area contributed by atoms with Crippen molar-refractivity contribution in [1.82, 2.24) is 4.98 Å². The minimum atomic E-state index is 0.952. The van der Waals surface area contributed by atoms with E-state index >= 15 is 0 Å². The van der Waals surface area contributed by atoms with Gasteiger partial charge in [0.1, 0.15) is 5.82 Å². The number of nitrogens with zero attached hydrogens (tertiary/aromatic N) is 1. The largest absolute Gasteiger partial charge is 0.356 e. The Kier molecular flexibility index (Phi) is 1.53. The lowest BCUT2D eigenvalue weighted by Crippen LogP contribution is -2.21. The van der Waals surface area contributed by atoms with E-state index in [4.69, 9.17) is 0 Å². The number of anilines is 1. The first-order valence-corrected chi connectivity index (χ1v) is 4.31. The number of hydrogen-bond donors (Lipinski definition) is 1. The molecule has 1 aromatic heterocycles. The number of hydrogen-bond acceptors (Lipinski definition) is 1. The molecule has 0 aliphatic carbocycles. The van der Waals surface area contributed by atoms with Crippen LogP contribution in [0.1, 0.15) is 5.56 Å². The van der Waals surface area contributed by atoms with Crippen LogP contribution in [0.5, 0.6) is 0 Å². The molecule has 1 aromatic rings. The zero-order valence-corrected chi connectivity index (χ0v) is 7.85. The van der Waals surface area contributed by atoms with E-state index in [9.17, 15) is 0 Å². The summed E-state index contributed by atoms with van der Waals surface area (Å²) in [5.41, 5.74) is 1.26. The van der Waals surface area contributed by atoms with E-state index in [0.29, 0.717) is 0 Å². The van der Waals surface area contributed by atoms with Crippen LogP contribution >= 0.6 is 15.9 Å². The first-order chi connectivity index (χ1) is 5.27. The summed E-state index contributed by atoms with van der Waals surface area (Å²) in [6.45, 7) is 0.952. The maximum absolute atomic E-state index is 3.49. The Balaban J connectivity index is 2.51. The molecule has 0 saturated carbocycles. The quantitative estimate of drug-likeness (QED) is 0.699. The molecule has 0 radical (unpaired) electrons. The fourth-order valence-corrected chi connectivity index (χ4v) is 1.96. The van der Waals surface area contributed by atoms with Gasteiger partial charge in [-0.15, -0.1) is 0 Å². The van der Waals surface area contributed by atoms with Gasteiger partial charge in [0.25, 0.3) is 0 Å². The summed E-state index contributed by atoms with van der Waals surface area (Å²) in [7, 11) is 2.07. The van der Waals surface area contributed by atoms with Crippen LogP contribution < -0.4 is 4.90 Å². The number of rotatable bonds is 0. The zero-order chi connectivity index (χ0) is 7.84. The number of H-pyrrole nitrogens is 1. The SMILES string of the molecule is CN1CC(Br)=Cc2cc[nH]c21. The first kappa shape index (κ1) is 6.98. The van der Waals surface area contributed by atoms with Gasteiger partial charge in [-0.05, 0) is 12.1 Å². The molecule has 1 N–H and O–H groups in total. The molecular weight excluding hydrogens is 204 g/mol. The van der Waals surface area contributed by atoms with Crippen LogP contribution in [-0.2, 0) is 0 Å². The highest BCUT2D eigenvalue weighted by Crippen LogP contribution is 2.27. The Labute approximate surface area is 74.0 Å². The van der Waals surface area contributed by atoms with Crippen molar-refractivity contribution in [2.45, 2.75) is 0 Å². The summed E-state index contributed by atoms with van der Waals surface area (Å²) in [5, 5.41) is 0. The number of halogens is 1. The lowest BCUT2D eigenvalue weighted by atomic mass is 10.2. The number of likely N-dealkylation sites (N-methyl/N-ethyl adjacent to an activating group) is 1. The Morgan fingerprint density at radius 3 is 3.27 bits per heavy atom. The van der Waals surface area contributed by atoms with Gasteiger partial charge in [-0.25, -0.2) is 0 Å². The van der Waals surface area contributed by atoms with Crippen LogP contribution in [0.2, 0.25) is 0 Å². The van der Waals surface area contributed by atoms with Crippen LogP contribution in [0, 0.1) is 0 Å². The van der Waals surface area contributed by atoms with E-state index in [1.54, 1.807) is 0 Å². The number of aromatic nitrogens is 1. The molecule has 0 amide bonds. The average Bonchev–Trinajstić information content (AvgIpc) is 2.34. The second-order valence-electron chi connectivity index (χ2n) is 2.73. The number of fused-ring (bicyclic) bond motifs is 1. The smallest absolute Gasteiger partial charge is 0.113 e. The van der Waals surface area contributed by atoms with E-state index in [1.807, 2.05) is 6.20 Å². The normalized spacial score (nSPS) is 16.2.